The standard InChI is InChI=1S/C25H20ClN7O3/c1-3-35-17-8-9-19(28-15-17)24-31-29-21(33(24)20-7-5-4-6-18(20)26)10-11-22-30-32-25(36-22)16-12-13-27-23(14-16)34-2/h4-15H,3H2,1-2H3/b11-10+. The molecule has 0 aliphatic heterocycles. The lowest BCUT2D eigenvalue weighted by Crippen LogP contribution is -2.02. The van der Waals surface area contributed by atoms with Gasteiger partial charge in [-0.3, -0.25) is 4.57 Å². The van der Waals surface area contributed by atoms with Crippen molar-refractivity contribution in [3.8, 4) is 40.3 Å². The number of ether oxygens (including phenoxy) is 2. The highest BCUT2D eigenvalue weighted by Gasteiger charge is 2.18. The zero-order valence-corrected chi connectivity index (χ0v) is 20.1. The summed E-state index contributed by atoms with van der Waals surface area (Å²) in [5.74, 6) is 2.76. The molecule has 1 aromatic carbocycles. The van der Waals surface area contributed by atoms with Crippen molar-refractivity contribution in [2.45, 2.75) is 6.92 Å². The Morgan fingerprint density at radius 2 is 1.89 bits per heavy atom. The van der Waals surface area contributed by atoms with Crippen molar-refractivity contribution < 1.29 is 13.9 Å². The highest BCUT2D eigenvalue weighted by molar-refractivity contribution is 6.32. The lowest BCUT2D eigenvalue weighted by atomic mass is 10.2. The van der Waals surface area contributed by atoms with E-state index in [-0.39, 0.29) is 5.89 Å². The minimum atomic E-state index is 0.287. The van der Waals surface area contributed by atoms with Gasteiger partial charge in [0.25, 0.3) is 0 Å². The largest absolute Gasteiger partial charge is 0.492 e. The lowest BCUT2D eigenvalue weighted by molar-refractivity contribution is 0.339. The van der Waals surface area contributed by atoms with Crippen LogP contribution in [0.25, 0.3) is 40.8 Å². The van der Waals surface area contributed by atoms with Crippen LogP contribution in [0.5, 0.6) is 11.6 Å². The summed E-state index contributed by atoms with van der Waals surface area (Å²) in [5, 5.41) is 17.5. The number of nitrogens with zero attached hydrogens (tertiary/aromatic N) is 7. The Morgan fingerprint density at radius 1 is 1.00 bits per heavy atom. The maximum absolute atomic E-state index is 6.53. The van der Waals surface area contributed by atoms with E-state index in [9.17, 15) is 0 Å². The fourth-order valence-electron chi connectivity index (χ4n) is 3.42. The number of methoxy groups -OCH3 is 1. The average molecular weight is 502 g/mol. The zero-order chi connectivity index (χ0) is 24.9. The second-order valence-corrected chi connectivity index (χ2v) is 7.75. The van der Waals surface area contributed by atoms with Gasteiger partial charge in [-0.1, -0.05) is 23.7 Å². The van der Waals surface area contributed by atoms with E-state index in [1.54, 1.807) is 49.9 Å². The Morgan fingerprint density at radius 3 is 2.67 bits per heavy atom. The van der Waals surface area contributed by atoms with Gasteiger partial charge in [-0.05, 0) is 43.3 Å². The molecular weight excluding hydrogens is 482 g/mol. The van der Waals surface area contributed by atoms with Crippen molar-refractivity contribution in [1.29, 1.82) is 0 Å². The molecule has 36 heavy (non-hydrogen) atoms. The zero-order valence-electron chi connectivity index (χ0n) is 19.4. The van der Waals surface area contributed by atoms with E-state index in [1.807, 2.05) is 41.8 Å². The van der Waals surface area contributed by atoms with Gasteiger partial charge in [-0.25, -0.2) is 9.97 Å². The summed E-state index contributed by atoms with van der Waals surface area (Å²) in [7, 11) is 1.54. The molecule has 0 radical (unpaired) electrons. The molecule has 0 aliphatic rings. The van der Waals surface area contributed by atoms with Gasteiger partial charge in [0.15, 0.2) is 11.6 Å². The molecule has 5 aromatic rings. The molecule has 0 atom stereocenters. The van der Waals surface area contributed by atoms with E-state index in [0.717, 1.165) is 0 Å². The Labute approximate surface area is 211 Å². The van der Waals surface area contributed by atoms with Gasteiger partial charge in [-0.15, -0.1) is 20.4 Å². The number of hydrogen-bond acceptors (Lipinski definition) is 9. The molecule has 0 saturated carbocycles. The van der Waals surface area contributed by atoms with Crippen LogP contribution in [-0.2, 0) is 0 Å². The Hall–Kier alpha value is -4.57. The van der Waals surface area contributed by atoms with Gasteiger partial charge in [0.2, 0.25) is 17.7 Å². The molecule has 180 valence electrons. The minimum Gasteiger partial charge on any atom is -0.492 e. The summed E-state index contributed by atoms with van der Waals surface area (Å²) in [6.07, 6.45) is 6.63. The van der Waals surface area contributed by atoms with Crippen LogP contribution in [0, 0.1) is 0 Å². The summed E-state index contributed by atoms with van der Waals surface area (Å²) >= 11 is 6.53. The molecule has 11 heteroatoms. The van der Waals surface area contributed by atoms with Crippen molar-refractivity contribution >= 4 is 23.8 Å². The summed E-state index contributed by atoms with van der Waals surface area (Å²) < 4.78 is 18.3. The first-order chi connectivity index (χ1) is 17.7. The van der Waals surface area contributed by atoms with Gasteiger partial charge in [0.1, 0.15) is 11.4 Å². The molecule has 0 unspecified atom stereocenters. The Balaban J connectivity index is 1.51. The van der Waals surface area contributed by atoms with Crippen molar-refractivity contribution in [2.24, 2.45) is 0 Å². The predicted octanol–water partition coefficient (Wildman–Crippen LogP) is 5.01. The van der Waals surface area contributed by atoms with Crippen LogP contribution in [-0.4, -0.2) is 48.6 Å². The van der Waals surface area contributed by atoms with E-state index in [2.05, 4.69) is 30.4 Å². The predicted molar refractivity (Wildman–Crippen MR) is 134 cm³/mol. The molecule has 0 amide bonds. The average Bonchev–Trinajstić information content (AvgIpc) is 3.56. The van der Waals surface area contributed by atoms with Gasteiger partial charge in [-0.2, -0.15) is 0 Å². The molecule has 0 fully saturated rings. The van der Waals surface area contributed by atoms with Crippen molar-refractivity contribution in [1.82, 2.24) is 34.9 Å². The molecule has 4 aromatic heterocycles. The van der Waals surface area contributed by atoms with Crippen molar-refractivity contribution in [3.63, 3.8) is 0 Å². The SMILES string of the molecule is CCOc1ccc(-c2nnc(/C=C/c3nnc(-c4ccnc(OC)c4)o3)n2-c2ccccc2Cl)nc1. The van der Waals surface area contributed by atoms with Crippen LogP contribution in [0.15, 0.2) is 65.3 Å². The third-order valence-corrected chi connectivity index (χ3v) is 5.38. The molecule has 4 heterocycles. The molecular formula is C25H20ClN7O3. The van der Waals surface area contributed by atoms with Gasteiger partial charge in [0, 0.05) is 23.9 Å². The van der Waals surface area contributed by atoms with Crippen LogP contribution < -0.4 is 9.47 Å². The number of benzene rings is 1. The van der Waals surface area contributed by atoms with Crippen molar-refractivity contribution in [3.05, 3.63) is 77.7 Å². The topological polar surface area (TPSA) is 114 Å². The van der Waals surface area contributed by atoms with Crippen LogP contribution in [0.3, 0.4) is 0 Å². The molecule has 0 saturated heterocycles. The number of rotatable bonds is 8. The van der Waals surface area contributed by atoms with E-state index >= 15 is 0 Å². The number of halogens is 1. The second-order valence-electron chi connectivity index (χ2n) is 7.35. The monoisotopic (exact) mass is 501 g/mol. The first-order valence-electron chi connectivity index (χ1n) is 11.0. The molecule has 10 nitrogen and oxygen atoms in total. The Kier molecular flexibility index (Phi) is 6.67. The summed E-state index contributed by atoms with van der Waals surface area (Å²) in [6.45, 7) is 2.47. The maximum atomic E-state index is 6.53. The summed E-state index contributed by atoms with van der Waals surface area (Å²) in [4.78, 5) is 8.58. The van der Waals surface area contributed by atoms with Crippen molar-refractivity contribution in [2.75, 3.05) is 13.7 Å². The van der Waals surface area contributed by atoms with Gasteiger partial charge < -0.3 is 13.9 Å². The highest BCUT2D eigenvalue weighted by Crippen LogP contribution is 2.28. The third kappa shape index (κ3) is 4.80. The first-order valence-corrected chi connectivity index (χ1v) is 11.4. The summed E-state index contributed by atoms with van der Waals surface area (Å²) in [6, 6.07) is 14.5. The molecule has 0 bridgehead atoms. The van der Waals surface area contributed by atoms with E-state index in [4.69, 9.17) is 25.5 Å². The number of aromatic nitrogens is 7. The first kappa shape index (κ1) is 23.2. The maximum Gasteiger partial charge on any atom is 0.248 e. The van der Waals surface area contributed by atoms with Crippen LogP contribution in [0.4, 0.5) is 0 Å². The number of hydrogen-bond donors (Lipinski definition) is 0. The molecule has 0 aliphatic carbocycles. The fraction of sp³-hybridized carbons (Fsp3) is 0.120. The second kappa shape index (κ2) is 10.4. The minimum absolute atomic E-state index is 0.287. The van der Waals surface area contributed by atoms with E-state index in [0.29, 0.717) is 57.7 Å². The highest BCUT2D eigenvalue weighted by atomic mass is 35.5. The normalized spacial score (nSPS) is 11.2. The fourth-order valence-corrected chi connectivity index (χ4v) is 3.64. The van der Waals surface area contributed by atoms with Gasteiger partial charge in [0.05, 0.1) is 30.6 Å². The van der Waals surface area contributed by atoms with Crippen LogP contribution >= 0.6 is 11.6 Å². The van der Waals surface area contributed by atoms with Gasteiger partial charge >= 0.3 is 0 Å². The Bertz CT molecular complexity index is 1510. The quantitative estimate of drug-likeness (QED) is 0.289. The molecule has 5 rings (SSSR count). The van der Waals surface area contributed by atoms with E-state index in [1.165, 1.54) is 0 Å². The third-order valence-electron chi connectivity index (χ3n) is 5.06. The molecule has 0 N–H and O–H groups in total. The summed E-state index contributed by atoms with van der Waals surface area (Å²) in [5.41, 5.74) is 2.00. The smallest absolute Gasteiger partial charge is 0.248 e. The number of pyridine rings is 2. The van der Waals surface area contributed by atoms with E-state index < -0.39 is 0 Å². The molecule has 0 spiro atoms. The van der Waals surface area contributed by atoms with Crippen LogP contribution in [0.1, 0.15) is 18.6 Å². The van der Waals surface area contributed by atoms with Crippen LogP contribution in [0.2, 0.25) is 5.02 Å². The lowest BCUT2D eigenvalue weighted by Gasteiger charge is -2.10. The number of para-hydroxylation sites is 1.